The highest BCUT2D eigenvalue weighted by atomic mass is 16.5. The molecule has 0 aliphatic carbocycles. The Morgan fingerprint density at radius 2 is 1.60 bits per heavy atom. The number of nitrogens with one attached hydrogen (secondary N) is 1. The summed E-state index contributed by atoms with van der Waals surface area (Å²) < 4.78 is 17.1. The Morgan fingerprint density at radius 1 is 0.833 bits per heavy atom. The van der Waals surface area contributed by atoms with Crippen molar-refractivity contribution in [3.8, 4) is 17.2 Å². The van der Waals surface area contributed by atoms with Gasteiger partial charge in [0.2, 0.25) is 0 Å². The largest absolute Gasteiger partial charge is 0.494 e. The third-order valence-electron chi connectivity index (χ3n) is 4.43. The van der Waals surface area contributed by atoms with E-state index < -0.39 is 0 Å². The van der Waals surface area contributed by atoms with Crippen LogP contribution in [0.5, 0.6) is 17.2 Å². The highest BCUT2D eigenvalue weighted by Gasteiger charge is 2.12. The molecular weight excluding hydrogens is 378 g/mol. The number of carbonyl (C=O) groups is 1. The van der Waals surface area contributed by atoms with Crippen LogP contribution in [-0.4, -0.2) is 19.1 Å². The number of anilines is 1. The minimum atomic E-state index is -0.195. The van der Waals surface area contributed by atoms with Gasteiger partial charge in [0.25, 0.3) is 5.91 Å². The summed E-state index contributed by atoms with van der Waals surface area (Å²) in [5, 5.41) is 2.91. The summed E-state index contributed by atoms with van der Waals surface area (Å²) in [5.41, 5.74) is 3.18. The van der Waals surface area contributed by atoms with Crippen molar-refractivity contribution >= 4 is 11.6 Å². The first-order valence-electron chi connectivity index (χ1n) is 10.1. The summed E-state index contributed by atoms with van der Waals surface area (Å²) in [6.07, 6.45) is 0. The van der Waals surface area contributed by atoms with E-state index in [1.165, 1.54) is 0 Å². The van der Waals surface area contributed by atoms with Gasteiger partial charge in [-0.3, -0.25) is 4.79 Å². The molecule has 0 atom stereocenters. The molecule has 0 aliphatic heterocycles. The number of ether oxygens (including phenoxy) is 3. The first-order valence-corrected chi connectivity index (χ1v) is 10.1. The van der Waals surface area contributed by atoms with Crippen molar-refractivity contribution in [2.24, 2.45) is 0 Å². The van der Waals surface area contributed by atoms with Gasteiger partial charge < -0.3 is 19.5 Å². The molecule has 3 aromatic rings. The predicted octanol–water partition coefficient (Wildman–Crippen LogP) is 5.62. The summed E-state index contributed by atoms with van der Waals surface area (Å²) in [7, 11) is 0. The van der Waals surface area contributed by atoms with Crippen LogP contribution in [0.15, 0.2) is 66.7 Å². The van der Waals surface area contributed by atoms with E-state index in [0.29, 0.717) is 36.8 Å². The van der Waals surface area contributed by atoms with Crippen molar-refractivity contribution in [3.05, 3.63) is 83.4 Å². The first kappa shape index (κ1) is 21.2. The molecule has 0 unspecified atom stereocenters. The van der Waals surface area contributed by atoms with Crippen molar-refractivity contribution in [2.75, 3.05) is 18.5 Å². The van der Waals surface area contributed by atoms with Crippen molar-refractivity contribution in [3.63, 3.8) is 0 Å². The third kappa shape index (κ3) is 5.77. The molecule has 30 heavy (non-hydrogen) atoms. The summed E-state index contributed by atoms with van der Waals surface area (Å²) in [6.45, 7) is 7.33. The van der Waals surface area contributed by atoms with Gasteiger partial charge >= 0.3 is 0 Å². The van der Waals surface area contributed by atoms with Gasteiger partial charge in [0.05, 0.1) is 13.2 Å². The maximum Gasteiger partial charge on any atom is 0.255 e. The quantitative estimate of drug-likeness (QED) is 0.502. The van der Waals surface area contributed by atoms with Crippen LogP contribution in [0.25, 0.3) is 0 Å². The van der Waals surface area contributed by atoms with Crippen LogP contribution >= 0.6 is 0 Å². The molecule has 3 aromatic carbocycles. The first-order chi connectivity index (χ1) is 14.6. The molecule has 1 N–H and O–H groups in total. The van der Waals surface area contributed by atoms with E-state index in [2.05, 4.69) is 5.32 Å². The number of rotatable bonds is 9. The van der Waals surface area contributed by atoms with E-state index >= 15 is 0 Å². The summed E-state index contributed by atoms with van der Waals surface area (Å²) >= 11 is 0. The van der Waals surface area contributed by atoms with Crippen LogP contribution in [0, 0.1) is 6.92 Å². The summed E-state index contributed by atoms with van der Waals surface area (Å²) in [5.74, 6) is 2.07. The zero-order chi connectivity index (χ0) is 21.3. The predicted molar refractivity (Wildman–Crippen MR) is 119 cm³/mol. The summed E-state index contributed by atoms with van der Waals surface area (Å²) in [4.78, 5) is 12.7. The molecule has 1 amide bonds. The Morgan fingerprint density at radius 3 is 2.30 bits per heavy atom. The molecule has 0 spiro atoms. The van der Waals surface area contributed by atoms with E-state index in [1.807, 2.05) is 81.4 Å². The van der Waals surface area contributed by atoms with Crippen molar-refractivity contribution in [1.82, 2.24) is 0 Å². The average molecular weight is 405 g/mol. The second-order valence-corrected chi connectivity index (χ2v) is 6.77. The minimum Gasteiger partial charge on any atom is -0.494 e. The molecule has 0 saturated carbocycles. The van der Waals surface area contributed by atoms with E-state index in [0.717, 1.165) is 22.6 Å². The van der Waals surface area contributed by atoms with E-state index in [1.54, 1.807) is 6.07 Å². The second-order valence-electron chi connectivity index (χ2n) is 6.77. The van der Waals surface area contributed by atoms with Crippen molar-refractivity contribution in [1.29, 1.82) is 0 Å². The Hall–Kier alpha value is -3.47. The van der Waals surface area contributed by atoms with Crippen molar-refractivity contribution in [2.45, 2.75) is 27.4 Å². The monoisotopic (exact) mass is 405 g/mol. The molecule has 0 radical (unpaired) electrons. The molecule has 0 heterocycles. The third-order valence-corrected chi connectivity index (χ3v) is 4.43. The van der Waals surface area contributed by atoms with Gasteiger partial charge in [-0.25, -0.2) is 0 Å². The standard InChI is InChI=1S/C25H27NO4/c1-4-28-22-12-10-21(11-13-22)26-25(27)19-9-14-24(29-5-2)20(16-19)17-30-23-8-6-7-18(3)15-23/h6-16H,4-5,17H2,1-3H3,(H,26,27). The lowest BCUT2D eigenvalue weighted by atomic mass is 10.1. The van der Waals surface area contributed by atoms with Crippen LogP contribution in [-0.2, 0) is 6.61 Å². The lowest BCUT2D eigenvalue weighted by molar-refractivity contribution is 0.102. The van der Waals surface area contributed by atoms with Crippen molar-refractivity contribution < 1.29 is 19.0 Å². The topological polar surface area (TPSA) is 56.8 Å². The highest BCUT2D eigenvalue weighted by molar-refractivity contribution is 6.04. The van der Waals surface area contributed by atoms with E-state index in [-0.39, 0.29) is 5.91 Å². The highest BCUT2D eigenvalue weighted by Crippen LogP contribution is 2.24. The molecule has 0 aliphatic rings. The van der Waals surface area contributed by atoms with Crippen LogP contribution in [0.1, 0.15) is 35.3 Å². The normalized spacial score (nSPS) is 10.4. The van der Waals surface area contributed by atoms with Gasteiger partial charge in [0.1, 0.15) is 23.9 Å². The zero-order valence-electron chi connectivity index (χ0n) is 17.6. The van der Waals surface area contributed by atoms with Crippen LogP contribution in [0.2, 0.25) is 0 Å². The number of amides is 1. The van der Waals surface area contributed by atoms with Crippen LogP contribution in [0.4, 0.5) is 5.69 Å². The van der Waals surface area contributed by atoms with Gasteiger partial charge in [0.15, 0.2) is 0 Å². The van der Waals surface area contributed by atoms with Gasteiger partial charge in [-0.1, -0.05) is 12.1 Å². The Bertz CT molecular complexity index is 983. The fraction of sp³-hybridized carbons (Fsp3) is 0.240. The molecule has 0 saturated heterocycles. The lowest BCUT2D eigenvalue weighted by Crippen LogP contribution is -2.13. The van der Waals surface area contributed by atoms with Gasteiger partial charge in [0, 0.05) is 16.8 Å². The summed E-state index contributed by atoms with van der Waals surface area (Å²) in [6, 6.07) is 20.5. The fourth-order valence-corrected chi connectivity index (χ4v) is 3.00. The van der Waals surface area contributed by atoms with Crippen LogP contribution in [0.3, 0.4) is 0 Å². The molecule has 0 bridgehead atoms. The Labute approximate surface area is 177 Å². The molecular formula is C25H27NO4. The molecule has 156 valence electrons. The average Bonchev–Trinajstić information content (AvgIpc) is 2.75. The van der Waals surface area contributed by atoms with Gasteiger partial charge in [-0.05, 0) is 80.9 Å². The molecule has 0 fully saturated rings. The number of benzene rings is 3. The SMILES string of the molecule is CCOc1ccc(NC(=O)c2ccc(OCC)c(COc3cccc(C)c3)c2)cc1. The minimum absolute atomic E-state index is 0.195. The number of hydrogen-bond acceptors (Lipinski definition) is 4. The molecule has 3 rings (SSSR count). The number of aryl methyl sites for hydroxylation is 1. The fourth-order valence-electron chi connectivity index (χ4n) is 3.00. The zero-order valence-corrected chi connectivity index (χ0v) is 17.6. The maximum atomic E-state index is 12.7. The molecule has 5 nitrogen and oxygen atoms in total. The molecule has 5 heteroatoms. The number of carbonyl (C=O) groups excluding carboxylic acids is 1. The van der Waals surface area contributed by atoms with E-state index in [9.17, 15) is 4.79 Å². The van der Waals surface area contributed by atoms with Gasteiger partial charge in [-0.2, -0.15) is 0 Å². The second kappa shape index (κ2) is 10.3. The smallest absolute Gasteiger partial charge is 0.255 e. The van der Waals surface area contributed by atoms with Crippen LogP contribution < -0.4 is 19.5 Å². The lowest BCUT2D eigenvalue weighted by Gasteiger charge is -2.14. The van der Waals surface area contributed by atoms with E-state index in [4.69, 9.17) is 14.2 Å². The maximum absolute atomic E-state index is 12.7. The Balaban J connectivity index is 1.74. The molecule has 0 aromatic heterocycles. The Kier molecular flexibility index (Phi) is 7.33. The van der Waals surface area contributed by atoms with Gasteiger partial charge in [-0.15, -0.1) is 0 Å². The number of hydrogen-bond donors (Lipinski definition) is 1.